The molecule has 0 aliphatic heterocycles. The van der Waals surface area contributed by atoms with Crippen molar-refractivity contribution in [1.82, 2.24) is 0 Å². The Balaban J connectivity index is 3.47. The van der Waals surface area contributed by atoms with E-state index >= 15 is 0 Å². The predicted molar refractivity (Wildman–Crippen MR) is 85.1 cm³/mol. The summed E-state index contributed by atoms with van der Waals surface area (Å²) in [5, 5.41) is 0. The molecule has 0 aromatic heterocycles. The van der Waals surface area contributed by atoms with Crippen LogP contribution in [0.25, 0.3) is 0 Å². The third-order valence-electron chi connectivity index (χ3n) is 3.38. The summed E-state index contributed by atoms with van der Waals surface area (Å²) in [6, 6.07) is 4.70. The van der Waals surface area contributed by atoms with E-state index in [2.05, 4.69) is 60.6 Å². The Labute approximate surface area is 119 Å². The van der Waals surface area contributed by atoms with Crippen molar-refractivity contribution >= 4 is 12.6 Å². The predicted octanol–water partition coefficient (Wildman–Crippen LogP) is 5.52. The average Bonchev–Trinajstić information content (AvgIpc) is 2.17. The van der Waals surface area contributed by atoms with Gasteiger partial charge in [0.15, 0.2) is 0 Å². The van der Waals surface area contributed by atoms with Gasteiger partial charge in [0.25, 0.3) is 0 Å². The van der Waals surface area contributed by atoms with Crippen molar-refractivity contribution < 1.29 is 0 Å². The minimum atomic E-state index is 0.154. The van der Waals surface area contributed by atoms with Crippen LogP contribution in [0.2, 0.25) is 0 Å². The molecule has 1 aromatic carbocycles. The topological polar surface area (TPSA) is 0 Å². The fourth-order valence-corrected chi connectivity index (χ4v) is 2.74. The minimum Gasteiger partial charge on any atom is -0.143 e. The third kappa shape index (κ3) is 3.54. The molecule has 0 unspecified atom stereocenters. The maximum atomic E-state index is 4.78. The van der Waals surface area contributed by atoms with Gasteiger partial charge in [-0.1, -0.05) is 67.0 Å². The summed E-state index contributed by atoms with van der Waals surface area (Å²) in [5.74, 6) is 0. The van der Waals surface area contributed by atoms with E-state index in [1.54, 1.807) is 0 Å². The molecule has 1 aromatic rings. The number of thiol groups is 1. The van der Waals surface area contributed by atoms with Crippen LogP contribution in [-0.2, 0) is 17.3 Å². The van der Waals surface area contributed by atoms with Gasteiger partial charge < -0.3 is 0 Å². The Hall–Kier alpha value is -0.430. The minimum absolute atomic E-state index is 0.154. The van der Waals surface area contributed by atoms with Crippen LogP contribution in [0.4, 0.5) is 0 Å². The first-order valence-electron chi connectivity index (χ1n) is 6.94. The number of hydrogen-bond donors (Lipinski definition) is 1. The number of aryl methyl sites for hydroxylation is 1. The van der Waals surface area contributed by atoms with Crippen molar-refractivity contribution in [2.24, 2.45) is 0 Å². The summed E-state index contributed by atoms with van der Waals surface area (Å²) in [6.07, 6.45) is 2.29. The van der Waals surface area contributed by atoms with Crippen molar-refractivity contribution in [2.75, 3.05) is 0 Å². The van der Waals surface area contributed by atoms with Crippen molar-refractivity contribution in [3.63, 3.8) is 0 Å². The SMILES string of the molecule is CCCc1cc(C(C)(C)C)cc(C(C)(C)C)c1S. The summed E-state index contributed by atoms with van der Waals surface area (Å²) < 4.78 is 0. The van der Waals surface area contributed by atoms with Crippen molar-refractivity contribution in [3.05, 3.63) is 28.8 Å². The quantitative estimate of drug-likeness (QED) is 0.668. The molecular formula is C17H28S. The number of benzene rings is 1. The molecular weight excluding hydrogens is 236 g/mol. The van der Waals surface area contributed by atoms with Gasteiger partial charge in [-0.2, -0.15) is 0 Å². The van der Waals surface area contributed by atoms with Gasteiger partial charge >= 0.3 is 0 Å². The molecule has 0 N–H and O–H groups in total. The monoisotopic (exact) mass is 264 g/mol. The Morgan fingerprint density at radius 1 is 0.944 bits per heavy atom. The molecule has 0 atom stereocenters. The molecule has 0 bridgehead atoms. The molecule has 0 nitrogen and oxygen atoms in total. The molecule has 0 fully saturated rings. The summed E-state index contributed by atoms with van der Waals surface area (Å²) in [4.78, 5) is 1.19. The van der Waals surface area contributed by atoms with Crippen molar-refractivity contribution in [3.8, 4) is 0 Å². The van der Waals surface area contributed by atoms with E-state index in [0.29, 0.717) is 0 Å². The molecule has 0 amide bonds. The second kappa shape index (κ2) is 5.28. The lowest BCUT2D eigenvalue weighted by Gasteiger charge is -2.28. The molecule has 0 heterocycles. The van der Waals surface area contributed by atoms with E-state index in [0.717, 1.165) is 6.42 Å². The summed E-state index contributed by atoms with van der Waals surface area (Å²) in [5.41, 5.74) is 4.55. The molecule has 0 aliphatic rings. The fourth-order valence-electron chi connectivity index (χ4n) is 2.16. The number of rotatable bonds is 2. The third-order valence-corrected chi connectivity index (χ3v) is 3.91. The highest BCUT2D eigenvalue weighted by atomic mass is 32.1. The van der Waals surface area contributed by atoms with Crippen LogP contribution in [0.5, 0.6) is 0 Å². The molecule has 0 saturated carbocycles. The maximum absolute atomic E-state index is 4.78. The summed E-state index contributed by atoms with van der Waals surface area (Å²) >= 11 is 4.78. The Morgan fingerprint density at radius 2 is 1.50 bits per heavy atom. The highest BCUT2D eigenvalue weighted by Gasteiger charge is 2.23. The van der Waals surface area contributed by atoms with Gasteiger partial charge in [0.05, 0.1) is 0 Å². The van der Waals surface area contributed by atoms with Crippen LogP contribution in [0.3, 0.4) is 0 Å². The zero-order valence-corrected chi connectivity index (χ0v) is 13.9. The van der Waals surface area contributed by atoms with Gasteiger partial charge in [-0.05, 0) is 33.9 Å². The Bertz CT molecular complexity index is 416. The van der Waals surface area contributed by atoms with Gasteiger partial charge in [-0.3, -0.25) is 0 Å². The van der Waals surface area contributed by atoms with E-state index in [4.69, 9.17) is 12.6 Å². The van der Waals surface area contributed by atoms with E-state index in [9.17, 15) is 0 Å². The molecule has 1 heteroatoms. The molecule has 102 valence electrons. The largest absolute Gasteiger partial charge is 0.143 e. The molecule has 0 radical (unpaired) electrons. The van der Waals surface area contributed by atoms with Gasteiger partial charge in [-0.25, -0.2) is 0 Å². The Kier molecular flexibility index (Phi) is 4.59. The van der Waals surface area contributed by atoms with Crippen LogP contribution in [-0.4, -0.2) is 0 Å². The first-order valence-corrected chi connectivity index (χ1v) is 7.39. The first-order chi connectivity index (χ1) is 8.07. The lowest BCUT2D eigenvalue weighted by Crippen LogP contribution is -2.18. The van der Waals surface area contributed by atoms with E-state index in [1.165, 1.54) is 28.0 Å². The van der Waals surface area contributed by atoms with E-state index < -0.39 is 0 Å². The first kappa shape index (κ1) is 15.6. The van der Waals surface area contributed by atoms with Gasteiger partial charge in [0, 0.05) is 4.90 Å². The molecule has 1 rings (SSSR count). The smallest absolute Gasteiger partial charge is 0.0110 e. The molecule has 0 aliphatic carbocycles. The van der Waals surface area contributed by atoms with Crippen molar-refractivity contribution in [1.29, 1.82) is 0 Å². The second-order valence-corrected chi connectivity index (χ2v) is 7.73. The standard InChI is InChI=1S/C17H28S/c1-8-9-12-10-13(16(2,3)4)11-14(15(12)18)17(5,6)7/h10-11,18H,8-9H2,1-7H3. The normalized spacial score (nSPS) is 12.9. The molecule has 18 heavy (non-hydrogen) atoms. The lowest BCUT2D eigenvalue weighted by molar-refractivity contribution is 0.556. The van der Waals surface area contributed by atoms with Crippen LogP contribution in [0.15, 0.2) is 17.0 Å². The van der Waals surface area contributed by atoms with Crippen molar-refractivity contribution in [2.45, 2.75) is 77.0 Å². The van der Waals surface area contributed by atoms with Crippen LogP contribution in [0.1, 0.15) is 71.6 Å². The average molecular weight is 264 g/mol. The summed E-state index contributed by atoms with van der Waals surface area (Å²) in [6.45, 7) is 15.9. The maximum Gasteiger partial charge on any atom is 0.0110 e. The van der Waals surface area contributed by atoms with Gasteiger partial charge in [0.1, 0.15) is 0 Å². The van der Waals surface area contributed by atoms with Crippen LogP contribution < -0.4 is 0 Å². The highest BCUT2D eigenvalue weighted by Crippen LogP contribution is 2.35. The number of hydrogen-bond acceptors (Lipinski definition) is 1. The highest BCUT2D eigenvalue weighted by molar-refractivity contribution is 7.80. The Morgan fingerprint density at radius 3 is 1.89 bits per heavy atom. The zero-order valence-electron chi connectivity index (χ0n) is 13.0. The fraction of sp³-hybridized carbons (Fsp3) is 0.647. The van der Waals surface area contributed by atoms with Gasteiger partial charge in [-0.15, -0.1) is 12.6 Å². The van der Waals surface area contributed by atoms with Gasteiger partial charge in [0.2, 0.25) is 0 Å². The van der Waals surface area contributed by atoms with E-state index in [-0.39, 0.29) is 10.8 Å². The summed E-state index contributed by atoms with van der Waals surface area (Å²) in [7, 11) is 0. The van der Waals surface area contributed by atoms with Crippen LogP contribution >= 0.6 is 12.6 Å². The van der Waals surface area contributed by atoms with Crippen LogP contribution in [0, 0.1) is 0 Å². The van der Waals surface area contributed by atoms with E-state index in [1.807, 2.05) is 0 Å². The zero-order chi connectivity index (χ0) is 14.1. The second-order valence-electron chi connectivity index (χ2n) is 7.28. The molecule has 0 spiro atoms. The molecule has 0 saturated heterocycles. The lowest BCUT2D eigenvalue weighted by atomic mass is 9.79.